The van der Waals surface area contributed by atoms with Crippen LogP contribution >= 0.6 is 162 Å². The summed E-state index contributed by atoms with van der Waals surface area (Å²) < 4.78 is 60.9. The zero-order valence-electron chi connectivity index (χ0n) is 53.4. The standard InChI is InChI=1S/C16H19BrO7.C16H17BrO5.C12H15BrO5.C12H16O7.C6H6BBrO2.CH4.I3.I2.HI/c1-8(18)22-7-12-16(23-9(2)19)14(21)13(20)15(24-12)10-4-3-5-11(17)6-10;1-10(18)20-9-16-15(21-11(2)19)7-6-14(22-16)12-4-3-5-13(17)8-12;13-7-3-1-2-6(4-7)12-11(17)10(16)9(15)8(5-14)18-12;1-7(13)17-6-11-12(19-9(3)15)10(4-5-16-11)18-8(2)14;8-6-3-1-2-5(4-6)7(9)10;;1-3-2;1-2;/h3-6,12-16,20-21H,7H2,1-2H3;3-8,14-16H,9H2,1-2H3;1-4,8-12,14-17H,5H2;4-5,10-12H,6H2,1-3H3;1-4,9-10H;1H4;;;1H/q;;;;;;-1;;/t12-,13+,14-,15-,16-;14-,15-,16+;8-,9-,10+,11+,12-;10-,11-,12+;;;;;/m1011...../s1. The maximum atomic E-state index is 11.3. The summed E-state index contributed by atoms with van der Waals surface area (Å²) >= 11 is 22.8. The molecule has 0 amide bonds. The van der Waals surface area contributed by atoms with E-state index in [2.05, 4.69) is 138 Å². The molecule has 4 aliphatic rings. The van der Waals surface area contributed by atoms with E-state index < -0.39 is 147 Å². The van der Waals surface area contributed by atoms with Gasteiger partial charge in [0, 0.05) is 104 Å². The summed E-state index contributed by atoms with van der Waals surface area (Å²) in [5, 5.41) is 76.5. The smallest absolute Gasteiger partial charge is 0.423 e. The molecular weight excluding hydrogens is 2260 g/mol. The van der Waals surface area contributed by atoms with Crippen molar-refractivity contribution in [1.82, 2.24) is 0 Å². The molecule has 8 rings (SSSR count). The van der Waals surface area contributed by atoms with Crippen molar-refractivity contribution in [1.29, 1.82) is 0 Å². The van der Waals surface area contributed by atoms with Crippen molar-refractivity contribution in [3.8, 4) is 0 Å². The molecule has 26 nitrogen and oxygen atoms in total. The Balaban J connectivity index is 0.00000122. The van der Waals surface area contributed by atoms with Gasteiger partial charge in [0.25, 0.3) is 0 Å². The van der Waals surface area contributed by atoms with Gasteiger partial charge in [-0.2, -0.15) is 0 Å². The van der Waals surface area contributed by atoms with E-state index in [1.165, 1.54) is 60.8 Å². The predicted octanol–water partition coefficient (Wildman–Crippen LogP) is 6.26. The van der Waals surface area contributed by atoms with Crippen molar-refractivity contribution in [3.05, 3.63) is 156 Å². The number of carbonyl (C=O) groups is 7. The summed E-state index contributed by atoms with van der Waals surface area (Å²) in [6.45, 7) is 8.10. The van der Waals surface area contributed by atoms with E-state index in [0.717, 1.165) is 23.5 Å². The minimum absolute atomic E-state index is 0. The second-order valence-electron chi connectivity index (χ2n) is 20.7. The Hall–Kier alpha value is -1.63. The van der Waals surface area contributed by atoms with E-state index in [-0.39, 0.29) is 57.3 Å². The van der Waals surface area contributed by atoms with Crippen LogP contribution in [0.4, 0.5) is 0 Å². The van der Waals surface area contributed by atoms with Crippen LogP contribution in [0.5, 0.6) is 0 Å². The zero-order valence-corrected chi connectivity index (χ0v) is 72.9. The van der Waals surface area contributed by atoms with Crippen LogP contribution in [0.1, 0.15) is 90.9 Å². The first-order valence-electron chi connectivity index (χ1n) is 28.8. The molecule has 16 atom stereocenters. The number of halogens is 10. The number of carbonyl (C=O) groups excluding carboxylic acids is 7. The summed E-state index contributed by atoms with van der Waals surface area (Å²) in [5.41, 5.74) is 2.75. The van der Waals surface area contributed by atoms with Gasteiger partial charge in [-0.25, -0.2) is 0 Å². The fourth-order valence-electron chi connectivity index (χ4n) is 9.05. The number of rotatable bonds is 15. The molecule has 2 saturated heterocycles. The Kier molecular flexibility index (Phi) is 52.3. The second-order valence-corrected chi connectivity index (χ2v) is 40.6. The first-order chi connectivity index (χ1) is 46.3. The molecule has 4 aromatic rings. The second kappa shape index (κ2) is 53.2. The molecule has 0 aromatic heterocycles. The fourth-order valence-corrected chi connectivity index (χ4v) is 10.7. The summed E-state index contributed by atoms with van der Waals surface area (Å²) in [5.74, 6) is -3.52. The maximum Gasteiger partial charge on any atom is 0.488 e. The number of hydrogen-bond acceptors (Lipinski definition) is 26. The molecule has 0 saturated carbocycles. The molecule has 8 N–H and O–H groups in total. The van der Waals surface area contributed by atoms with Gasteiger partial charge in [-0.3, -0.25) is 33.6 Å². The van der Waals surface area contributed by atoms with Crippen molar-refractivity contribution in [2.75, 3.05) is 26.4 Å². The van der Waals surface area contributed by atoms with Gasteiger partial charge in [0.05, 0.1) is 12.9 Å². The summed E-state index contributed by atoms with van der Waals surface area (Å²) in [7, 11) is -1.38. The Bertz CT molecular complexity index is 3200. The number of hydrogen-bond donors (Lipinski definition) is 8. The molecule has 560 valence electrons. The molecule has 0 radical (unpaired) electrons. The minimum Gasteiger partial charge on any atom is -0.423 e. The molecule has 0 spiro atoms. The van der Waals surface area contributed by atoms with Crippen LogP contribution in [0.2, 0.25) is 0 Å². The molecule has 4 aromatic carbocycles. The molecular formula is C63H78BBr4I6O26-. The molecule has 0 unspecified atom stereocenters. The normalized spacial score (nSPS) is 25.0. The van der Waals surface area contributed by atoms with Gasteiger partial charge in [-0.15, -0.1) is 24.0 Å². The molecule has 100 heavy (non-hydrogen) atoms. The number of ether oxygens (including phenoxy) is 11. The molecule has 2 fully saturated rings. The van der Waals surface area contributed by atoms with Gasteiger partial charge < -0.3 is 92.8 Å². The van der Waals surface area contributed by atoms with Crippen molar-refractivity contribution in [2.45, 2.75) is 154 Å². The molecule has 0 bridgehead atoms. The number of esters is 7. The third-order valence-electron chi connectivity index (χ3n) is 13.2. The maximum absolute atomic E-state index is 11.3. The topological polar surface area (TPSA) is 383 Å². The Labute approximate surface area is 683 Å². The van der Waals surface area contributed by atoms with E-state index in [1.807, 2.05) is 48.5 Å². The van der Waals surface area contributed by atoms with Crippen LogP contribution in [-0.2, 0) is 85.7 Å². The summed E-state index contributed by atoms with van der Waals surface area (Å²) in [6, 6.07) is 28.8. The fraction of sp³-hybridized carbons (Fsp3) is 0.444. The van der Waals surface area contributed by atoms with Crippen molar-refractivity contribution >= 4 is 217 Å². The third kappa shape index (κ3) is 36.8. The van der Waals surface area contributed by atoms with Crippen LogP contribution in [0.3, 0.4) is 0 Å². The Morgan fingerprint density at radius 3 is 1.28 bits per heavy atom. The average Bonchev–Trinajstić information content (AvgIpc) is 0.800. The van der Waals surface area contributed by atoms with Gasteiger partial charge in [-0.05, 0) is 82.8 Å². The van der Waals surface area contributed by atoms with Gasteiger partial charge in [0.2, 0.25) is 0 Å². The van der Waals surface area contributed by atoms with E-state index in [0.29, 0.717) is 29.8 Å². The zero-order chi connectivity index (χ0) is 73.9. The number of aliphatic hydroxyl groups excluding tert-OH is 6. The van der Waals surface area contributed by atoms with E-state index >= 15 is 0 Å². The van der Waals surface area contributed by atoms with Gasteiger partial charge in [0.1, 0.15) is 93.1 Å². The Morgan fingerprint density at radius 1 is 0.470 bits per heavy atom. The molecule has 0 aliphatic carbocycles. The van der Waals surface area contributed by atoms with Crippen molar-refractivity contribution in [2.24, 2.45) is 0 Å². The monoisotopic (exact) mass is 2340 g/mol. The van der Waals surface area contributed by atoms with Gasteiger partial charge >= 0.3 is 99.4 Å². The number of benzene rings is 4. The van der Waals surface area contributed by atoms with Crippen LogP contribution in [0.15, 0.2) is 139 Å². The third-order valence-corrected chi connectivity index (χ3v) is 15.2. The average molecular weight is 2340 g/mol. The number of aliphatic hydroxyl groups is 6. The largest absolute Gasteiger partial charge is 0.488 e. The molecule has 4 aliphatic heterocycles. The Morgan fingerprint density at radius 2 is 0.860 bits per heavy atom. The van der Waals surface area contributed by atoms with E-state index in [4.69, 9.17) is 67.3 Å². The molecule has 37 heteroatoms. The predicted molar refractivity (Wildman–Crippen MR) is 420 cm³/mol. The summed E-state index contributed by atoms with van der Waals surface area (Å²) in [4.78, 5) is 77.3. The van der Waals surface area contributed by atoms with Gasteiger partial charge in [0.15, 0.2) is 24.4 Å². The van der Waals surface area contributed by atoms with E-state index in [9.17, 15) is 59.1 Å². The van der Waals surface area contributed by atoms with E-state index in [1.54, 1.807) is 60.7 Å². The van der Waals surface area contributed by atoms with Crippen LogP contribution in [0.25, 0.3) is 0 Å². The summed E-state index contributed by atoms with van der Waals surface area (Å²) in [6.07, 6.45) is -8.52. The first kappa shape index (κ1) is 98.4. The van der Waals surface area contributed by atoms with Crippen LogP contribution in [0, 0.1) is 0 Å². The van der Waals surface area contributed by atoms with Gasteiger partial charge in [-0.1, -0.05) is 126 Å². The SMILES string of the molecule is C.CC(=O)OC[C@H]1OC=C[C@@H](OC(C)=O)[C@@H]1OC(C)=O.CC(=O)OC[C@H]1O[C@H](c2cccc(Br)c2)C=C[C@@H]1OC(C)=O.CC(=O)OC[C@H]1O[C@H](c2cccc(Br)c2)[C@@H](O)[C@@H](O)[C@@H]1OC(C)=O.I.II.I[I-]I.OB(O)c1cccc(Br)c1.OC[C@H]1O[C@H](c2cccc(Br)c2)[C@@H](O)[C@@H](O)[C@@H]1O. The molecule has 4 heterocycles. The minimum atomic E-state index is -1.38. The first-order valence-corrected chi connectivity index (χ1v) is 50.8. The van der Waals surface area contributed by atoms with Crippen molar-refractivity contribution in [3.63, 3.8) is 0 Å². The van der Waals surface area contributed by atoms with Crippen molar-refractivity contribution < 1.29 is 140 Å². The van der Waals surface area contributed by atoms with Crippen LogP contribution in [-0.4, -0.2) is 195 Å². The van der Waals surface area contributed by atoms with Crippen LogP contribution < -0.4 is 18.7 Å². The quantitative estimate of drug-likeness (QED) is 0.0214.